The minimum Gasteiger partial charge on any atom is -0.354 e. The molecule has 0 aromatic carbocycles. The maximum absolute atomic E-state index is 12.8. The van der Waals surface area contributed by atoms with Gasteiger partial charge in [-0.25, -0.2) is 4.79 Å². The van der Waals surface area contributed by atoms with E-state index in [1.165, 1.54) is 11.3 Å². The molecule has 2 heterocycles. The lowest BCUT2D eigenvalue weighted by atomic mass is 9.88. The lowest BCUT2D eigenvalue weighted by Crippen LogP contribution is -2.55. The number of piperidine rings is 1. The van der Waals surface area contributed by atoms with Crippen LogP contribution in [0, 0.1) is 11.8 Å². The molecule has 2 rings (SSSR count). The molecular weight excluding hydrogens is 376 g/mol. The van der Waals surface area contributed by atoms with Gasteiger partial charge in [-0.3, -0.25) is 9.59 Å². The fourth-order valence-corrected chi connectivity index (χ4v) is 3.83. The Morgan fingerprint density at radius 2 is 1.82 bits per heavy atom. The van der Waals surface area contributed by atoms with Crippen LogP contribution < -0.4 is 16.0 Å². The summed E-state index contributed by atoms with van der Waals surface area (Å²) in [6.45, 7) is 9.65. The van der Waals surface area contributed by atoms with E-state index in [2.05, 4.69) is 16.0 Å². The predicted octanol–water partition coefficient (Wildman–Crippen LogP) is 2.45. The van der Waals surface area contributed by atoms with Gasteiger partial charge in [0, 0.05) is 25.7 Å². The van der Waals surface area contributed by atoms with Crippen LogP contribution in [0.2, 0.25) is 0 Å². The molecule has 1 aliphatic heterocycles. The van der Waals surface area contributed by atoms with Crippen LogP contribution in [0.5, 0.6) is 0 Å². The smallest absolute Gasteiger partial charge is 0.317 e. The monoisotopic (exact) mass is 408 g/mol. The minimum absolute atomic E-state index is 0.000764. The van der Waals surface area contributed by atoms with E-state index in [0.717, 1.165) is 0 Å². The minimum atomic E-state index is -0.594. The van der Waals surface area contributed by atoms with E-state index >= 15 is 0 Å². The third-order valence-corrected chi connectivity index (χ3v) is 5.58. The van der Waals surface area contributed by atoms with Gasteiger partial charge < -0.3 is 20.9 Å². The van der Waals surface area contributed by atoms with Gasteiger partial charge in [0.2, 0.25) is 5.91 Å². The van der Waals surface area contributed by atoms with Gasteiger partial charge in [-0.2, -0.15) is 0 Å². The number of rotatable bonds is 7. The Hall–Kier alpha value is -2.09. The van der Waals surface area contributed by atoms with E-state index in [-0.39, 0.29) is 29.8 Å². The average molecular weight is 409 g/mol. The average Bonchev–Trinajstić information content (AvgIpc) is 3.18. The first kappa shape index (κ1) is 22.2. The number of urea groups is 1. The second-order valence-corrected chi connectivity index (χ2v) is 8.94. The molecule has 1 fully saturated rings. The normalized spacial score (nSPS) is 16.1. The highest BCUT2D eigenvalue weighted by Gasteiger charge is 2.34. The summed E-state index contributed by atoms with van der Waals surface area (Å²) in [5.41, 5.74) is 0. The molecule has 1 atom stereocenters. The summed E-state index contributed by atoms with van der Waals surface area (Å²) in [5.74, 6) is -0.0401. The van der Waals surface area contributed by atoms with Crippen LogP contribution in [0.15, 0.2) is 17.5 Å². The molecule has 0 saturated carbocycles. The number of hydrogen-bond donors (Lipinski definition) is 3. The van der Waals surface area contributed by atoms with Crippen LogP contribution >= 0.6 is 11.3 Å². The van der Waals surface area contributed by atoms with Crippen molar-refractivity contribution in [2.24, 2.45) is 11.8 Å². The highest BCUT2D eigenvalue weighted by atomic mass is 32.1. The second-order valence-electron chi connectivity index (χ2n) is 8.00. The number of carbonyl (C=O) groups is 3. The Bertz CT molecular complexity index is 652. The van der Waals surface area contributed by atoms with Crippen LogP contribution in [-0.2, 0) is 4.79 Å². The molecule has 4 amide bonds. The molecule has 1 saturated heterocycles. The van der Waals surface area contributed by atoms with Gasteiger partial charge in [0.1, 0.15) is 6.04 Å². The number of likely N-dealkylation sites (tertiary alicyclic amines) is 1. The van der Waals surface area contributed by atoms with Crippen molar-refractivity contribution in [1.29, 1.82) is 0 Å². The second kappa shape index (κ2) is 10.5. The van der Waals surface area contributed by atoms with Crippen molar-refractivity contribution >= 4 is 29.2 Å². The first-order valence-electron chi connectivity index (χ1n) is 9.95. The van der Waals surface area contributed by atoms with Crippen molar-refractivity contribution in [3.8, 4) is 0 Å². The van der Waals surface area contributed by atoms with Gasteiger partial charge in [0.25, 0.3) is 5.91 Å². The van der Waals surface area contributed by atoms with E-state index in [1.807, 2.05) is 39.1 Å². The Morgan fingerprint density at radius 1 is 1.14 bits per heavy atom. The number of thiophene rings is 1. The van der Waals surface area contributed by atoms with E-state index in [4.69, 9.17) is 0 Å². The van der Waals surface area contributed by atoms with Gasteiger partial charge >= 0.3 is 6.03 Å². The molecule has 28 heavy (non-hydrogen) atoms. The van der Waals surface area contributed by atoms with Gasteiger partial charge in [0.15, 0.2) is 0 Å². The van der Waals surface area contributed by atoms with Gasteiger partial charge in [-0.05, 0) is 50.0 Å². The third kappa shape index (κ3) is 6.51. The third-order valence-electron chi connectivity index (χ3n) is 4.71. The highest BCUT2D eigenvalue weighted by molar-refractivity contribution is 7.12. The predicted molar refractivity (Wildman–Crippen MR) is 111 cm³/mol. The SMILES string of the molecule is CC(C)CNC(=O)[C@@H](NC(=O)c1cccs1)C1CCN(C(=O)NC(C)C)CC1. The number of carbonyl (C=O) groups excluding carboxylic acids is 3. The molecule has 0 unspecified atom stereocenters. The summed E-state index contributed by atoms with van der Waals surface area (Å²) in [6, 6.07) is 2.99. The van der Waals surface area contributed by atoms with E-state index < -0.39 is 6.04 Å². The molecule has 1 aromatic rings. The Kier molecular flexibility index (Phi) is 8.29. The summed E-state index contributed by atoms with van der Waals surface area (Å²) < 4.78 is 0. The molecule has 3 N–H and O–H groups in total. The zero-order valence-electron chi connectivity index (χ0n) is 17.2. The van der Waals surface area contributed by atoms with Crippen molar-refractivity contribution in [2.45, 2.75) is 52.6 Å². The van der Waals surface area contributed by atoms with Crippen molar-refractivity contribution in [2.75, 3.05) is 19.6 Å². The van der Waals surface area contributed by atoms with E-state index in [1.54, 1.807) is 11.0 Å². The lowest BCUT2D eigenvalue weighted by molar-refractivity contribution is -0.124. The highest BCUT2D eigenvalue weighted by Crippen LogP contribution is 2.22. The molecule has 0 spiro atoms. The molecule has 0 aliphatic carbocycles. The summed E-state index contributed by atoms with van der Waals surface area (Å²) in [4.78, 5) is 39.9. The van der Waals surface area contributed by atoms with Crippen molar-refractivity contribution in [3.05, 3.63) is 22.4 Å². The number of nitrogens with one attached hydrogen (secondary N) is 3. The van der Waals surface area contributed by atoms with Crippen molar-refractivity contribution < 1.29 is 14.4 Å². The molecule has 1 aliphatic rings. The molecule has 7 nitrogen and oxygen atoms in total. The summed E-state index contributed by atoms with van der Waals surface area (Å²) >= 11 is 1.35. The van der Waals surface area contributed by atoms with Gasteiger partial charge in [-0.15, -0.1) is 11.3 Å². The molecule has 0 radical (unpaired) electrons. The zero-order chi connectivity index (χ0) is 20.7. The van der Waals surface area contributed by atoms with E-state index in [9.17, 15) is 14.4 Å². The summed E-state index contributed by atoms with van der Waals surface area (Å²) in [7, 11) is 0. The first-order valence-corrected chi connectivity index (χ1v) is 10.8. The van der Waals surface area contributed by atoms with Crippen LogP contribution in [-0.4, -0.2) is 54.5 Å². The van der Waals surface area contributed by atoms with Crippen LogP contribution in [0.3, 0.4) is 0 Å². The topological polar surface area (TPSA) is 90.5 Å². The Labute approximate surface area is 171 Å². The number of hydrogen-bond acceptors (Lipinski definition) is 4. The van der Waals surface area contributed by atoms with Crippen molar-refractivity contribution in [1.82, 2.24) is 20.9 Å². The van der Waals surface area contributed by atoms with Gasteiger partial charge in [-0.1, -0.05) is 19.9 Å². The summed E-state index contributed by atoms with van der Waals surface area (Å²) in [5, 5.41) is 10.6. The quantitative estimate of drug-likeness (QED) is 0.647. The fraction of sp³-hybridized carbons (Fsp3) is 0.650. The zero-order valence-corrected chi connectivity index (χ0v) is 18.0. The standard InChI is InChI=1S/C20H32N4O3S/c1-13(2)12-21-19(26)17(23-18(25)16-6-5-11-28-16)15-7-9-24(10-8-15)20(27)22-14(3)4/h5-6,11,13-15,17H,7-10,12H2,1-4H3,(H,21,26)(H,22,27)(H,23,25)/t17-/m0/s1. The molecule has 1 aromatic heterocycles. The van der Waals surface area contributed by atoms with Crippen molar-refractivity contribution in [3.63, 3.8) is 0 Å². The largest absolute Gasteiger partial charge is 0.354 e. The van der Waals surface area contributed by atoms with Crippen LogP contribution in [0.25, 0.3) is 0 Å². The Balaban J connectivity index is 2.01. The van der Waals surface area contributed by atoms with Gasteiger partial charge in [0.05, 0.1) is 4.88 Å². The molecular formula is C20H32N4O3S. The van der Waals surface area contributed by atoms with Crippen LogP contribution in [0.4, 0.5) is 4.79 Å². The molecule has 156 valence electrons. The lowest BCUT2D eigenvalue weighted by Gasteiger charge is -2.36. The summed E-state index contributed by atoms with van der Waals surface area (Å²) in [6.07, 6.45) is 1.35. The number of nitrogens with zero attached hydrogens (tertiary/aromatic N) is 1. The molecule has 8 heteroatoms. The van der Waals surface area contributed by atoms with E-state index in [0.29, 0.717) is 43.3 Å². The first-order chi connectivity index (χ1) is 13.3. The maximum Gasteiger partial charge on any atom is 0.317 e. The number of amides is 4. The maximum atomic E-state index is 12.8. The van der Waals surface area contributed by atoms with Crippen LogP contribution in [0.1, 0.15) is 50.2 Å². The molecule has 0 bridgehead atoms. The fourth-order valence-electron chi connectivity index (χ4n) is 3.21. The Morgan fingerprint density at radius 3 is 2.36 bits per heavy atom.